The summed E-state index contributed by atoms with van der Waals surface area (Å²) < 4.78 is 4.74. The van der Waals surface area contributed by atoms with Crippen LogP contribution in [0.2, 0.25) is 5.02 Å². The number of hydrogen-bond acceptors (Lipinski definition) is 6. The van der Waals surface area contributed by atoms with Gasteiger partial charge in [-0.2, -0.15) is 0 Å². The van der Waals surface area contributed by atoms with Crippen LogP contribution in [0, 0.1) is 6.92 Å². The van der Waals surface area contributed by atoms with Crippen molar-refractivity contribution in [2.75, 3.05) is 18.2 Å². The van der Waals surface area contributed by atoms with Crippen molar-refractivity contribution in [2.24, 2.45) is 0 Å². The third kappa shape index (κ3) is 3.20. The van der Waals surface area contributed by atoms with Crippen LogP contribution in [0.3, 0.4) is 0 Å². The van der Waals surface area contributed by atoms with Gasteiger partial charge in [0.1, 0.15) is 0 Å². The van der Waals surface area contributed by atoms with Gasteiger partial charge in [0.2, 0.25) is 0 Å². The van der Waals surface area contributed by atoms with Gasteiger partial charge >= 0.3 is 5.97 Å². The molecule has 1 aromatic carbocycles. The SMILES string of the molecule is COC(=O)c1cc(N)cc(Cl)c1NCc1cnc(C)s1. The number of thiazole rings is 1. The maximum atomic E-state index is 11.8. The van der Waals surface area contributed by atoms with Crippen molar-refractivity contribution in [1.82, 2.24) is 4.98 Å². The normalized spacial score (nSPS) is 10.3. The molecule has 0 saturated carbocycles. The fourth-order valence-corrected chi connectivity index (χ4v) is 2.77. The minimum absolute atomic E-state index is 0.318. The summed E-state index contributed by atoms with van der Waals surface area (Å²) in [5, 5.41) is 4.50. The summed E-state index contributed by atoms with van der Waals surface area (Å²) in [4.78, 5) is 17.0. The highest BCUT2D eigenvalue weighted by Crippen LogP contribution is 2.30. The molecule has 2 rings (SSSR count). The van der Waals surface area contributed by atoms with Crippen LogP contribution in [-0.2, 0) is 11.3 Å². The Morgan fingerprint density at radius 3 is 2.90 bits per heavy atom. The Balaban J connectivity index is 2.27. The molecule has 1 aromatic heterocycles. The first-order valence-corrected chi connectivity index (χ1v) is 7.03. The number of carbonyl (C=O) groups is 1. The van der Waals surface area contributed by atoms with Gasteiger partial charge in [-0.15, -0.1) is 11.3 Å². The van der Waals surface area contributed by atoms with Gasteiger partial charge < -0.3 is 15.8 Å². The van der Waals surface area contributed by atoms with Crippen LogP contribution in [0.25, 0.3) is 0 Å². The lowest BCUT2D eigenvalue weighted by Gasteiger charge is -2.12. The van der Waals surface area contributed by atoms with Crippen molar-refractivity contribution in [1.29, 1.82) is 0 Å². The number of halogens is 1. The molecule has 0 unspecified atom stereocenters. The molecule has 0 spiro atoms. The first kappa shape index (κ1) is 14.6. The van der Waals surface area contributed by atoms with Gasteiger partial charge in [0.05, 0.1) is 34.9 Å². The van der Waals surface area contributed by atoms with Crippen LogP contribution in [0.5, 0.6) is 0 Å². The van der Waals surface area contributed by atoms with Gasteiger partial charge in [0, 0.05) is 16.8 Å². The highest BCUT2D eigenvalue weighted by molar-refractivity contribution is 7.11. The second kappa shape index (κ2) is 6.11. The summed E-state index contributed by atoms with van der Waals surface area (Å²) in [6.07, 6.45) is 1.79. The largest absolute Gasteiger partial charge is 0.465 e. The molecule has 0 aliphatic heterocycles. The maximum Gasteiger partial charge on any atom is 0.340 e. The van der Waals surface area contributed by atoms with E-state index in [1.807, 2.05) is 6.92 Å². The van der Waals surface area contributed by atoms with Crippen LogP contribution >= 0.6 is 22.9 Å². The molecule has 0 amide bonds. The number of nitrogens with zero attached hydrogens (tertiary/aromatic N) is 1. The third-order valence-electron chi connectivity index (χ3n) is 2.63. The summed E-state index contributed by atoms with van der Waals surface area (Å²) >= 11 is 7.72. The van der Waals surface area contributed by atoms with E-state index in [1.165, 1.54) is 13.2 Å². The first-order chi connectivity index (χ1) is 9.51. The molecule has 0 radical (unpaired) electrons. The minimum atomic E-state index is -0.484. The lowest BCUT2D eigenvalue weighted by molar-refractivity contribution is 0.0602. The zero-order valence-electron chi connectivity index (χ0n) is 11.1. The second-order valence-electron chi connectivity index (χ2n) is 4.12. The smallest absolute Gasteiger partial charge is 0.340 e. The fourth-order valence-electron chi connectivity index (χ4n) is 1.74. The van der Waals surface area contributed by atoms with E-state index in [1.54, 1.807) is 23.6 Å². The molecule has 2 aromatic rings. The molecule has 0 atom stereocenters. The summed E-state index contributed by atoms with van der Waals surface area (Å²) in [5.74, 6) is -0.484. The molecule has 3 N–H and O–H groups in total. The van der Waals surface area contributed by atoms with Gasteiger partial charge in [0.15, 0.2) is 0 Å². The van der Waals surface area contributed by atoms with Crippen LogP contribution in [0.15, 0.2) is 18.3 Å². The zero-order valence-corrected chi connectivity index (χ0v) is 12.6. The van der Waals surface area contributed by atoms with E-state index in [-0.39, 0.29) is 0 Å². The average molecular weight is 312 g/mol. The van der Waals surface area contributed by atoms with Crippen molar-refractivity contribution >= 4 is 40.3 Å². The van der Waals surface area contributed by atoms with E-state index in [2.05, 4.69) is 10.3 Å². The van der Waals surface area contributed by atoms with E-state index in [9.17, 15) is 4.79 Å². The molecule has 7 heteroatoms. The van der Waals surface area contributed by atoms with E-state index in [4.69, 9.17) is 22.1 Å². The predicted molar refractivity (Wildman–Crippen MR) is 81.4 cm³/mol. The molecule has 20 heavy (non-hydrogen) atoms. The standard InChI is InChI=1S/C13H14ClN3O2S/c1-7-16-5-9(20-7)6-17-12-10(13(18)19-2)3-8(15)4-11(12)14/h3-5,17H,6,15H2,1-2H3. The number of benzene rings is 1. The van der Waals surface area contributed by atoms with E-state index < -0.39 is 5.97 Å². The third-order valence-corrected chi connectivity index (χ3v) is 3.84. The van der Waals surface area contributed by atoms with E-state index >= 15 is 0 Å². The molecule has 0 aliphatic rings. The van der Waals surface area contributed by atoms with Gasteiger partial charge in [0.25, 0.3) is 0 Å². The van der Waals surface area contributed by atoms with Crippen LogP contribution in [-0.4, -0.2) is 18.1 Å². The van der Waals surface area contributed by atoms with Gasteiger partial charge in [-0.25, -0.2) is 9.78 Å². The molecule has 0 saturated heterocycles. The highest BCUT2D eigenvalue weighted by Gasteiger charge is 2.16. The van der Waals surface area contributed by atoms with Crippen LogP contribution in [0.4, 0.5) is 11.4 Å². The summed E-state index contributed by atoms with van der Waals surface area (Å²) in [5.41, 5.74) is 6.95. The van der Waals surface area contributed by atoms with Gasteiger partial charge in [-0.1, -0.05) is 11.6 Å². The van der Waals surface area contributed by atoms with Crippen molar-refractivity contribution in [3.63, 3.8) is 0 Å². The lowest BCUT2D eigenvalue weighted by Crippen LogP contribution is -2.09. The van der Waals surface area contributed by atoms with Crippen molar-refractivity contribution in [3.8, 4) is 0 Å². The molecule has 106 valence electrons. The quantitative estimate of drug-likeness (QED) is 0.670. The zero-order chi connectivity index (χ0) is 14.7. The number of aryl methyl sites for hydroxylation is 1. The number of ether oxygens (including phenoxy) is 1. The Labute approximate surface area is 125 Å². The number of esters is 1. The number of nitrogens with two attached hydrogens (primary N) is 1. The number of rotatable bonds is 4. The minimum Gasteiger partial charge on any atom is -0.465 e. The molecular weight excluding hydrogens is 298 g/mol. The van der Waals surface area contributed by atoms with Gasteiger partial charge in [-0.3, -0.25) is 0 Å². The second-order valence-corrected chi connectivity index (χ2v) is 5.84. The molecule has 0 bridgehead atoms. The lowest BCUT2D eigenvalue weighted by atomic mass is 10.1. The number of nitrogen functional groups attached to an aromatic ring is 1. The number of methoxy groups -OCH3 is 1. The number of carbonyl (C=O) groups excluding carboxylic acids is 1. The number of anilines is 2. The highest BCUT2D eigenvalue weighted by atomic mass is 35.5. The topological polar surface area (TPSA) is 77.2 Å². The molecule has 5 nitrogen and oxygen atoms in total. The monoisotopic (exact) mass is 311 g/mol. The predicted octanol–water partition coefficient (Wildman–Crippen LogP) is 3.09. The summed E-state index contributed by atoms with van der Waals surface area (Å²) in [6, 6.07) is 3.13. The summed E-state index contributed by atoms with van der Waals surface area (Å²) in [7, 11) is 1.32. The Morgan fingerprint density at radius 2 is 2.30 bits per heavy atom. The Kier molecular flexibility index (Phi) is 4.46. The maximum absolute atomic E-state index is 11.8. The summed E-state index contributed by atoms with van der Waals surface area (Å²) in [6.45, 7) is 2.46. The fraction of sp³-hybridized carbons (Fsp3) is 0.231. The first-order valence-electron chi connectivity index (χ1n) is 5.83. The number of nitrogens with one attached hydrogen (secondary N) is 1. The van der Waals surface area contributed by atoms with E-state index in [0.717, 1.165) is 9.88 Å². The van der Waals surface area contributed by atoms with Crippen LogP contribution < -0.4 is 11.1 Å². The molecule has 0 aliphatic carbocycles. The molecule has 1 heterocycles. The van der Waals surface area contributed by atoms with Crippen LogP contribution in [0.1, 0.15) is 20.2 Å². The van der Waals surface area contributed by atoms with Crippen molar-refractivity contribution in [2.45, 2.75) is 13.5 Å². The van der Waals surface area contributed by atoms with Crippen molar-refractivity contribution in [3.05, 3.63) is 38.8 Å². The van der Waals surface area contributed by atoms with E-state index in [0.29, 0.717) is 28.5 Å². The Morgan fingerprint density at radius 1 is 1.55 bits per heavy atom. The molecule has 0 fully saturated rings. The number of aromatic nitrogens is 1. The number of hydrogen-bond donors (Lipinski definition) is 2. The Hall–Kier alpha value is -1.79. The Bertz CT molecular complexity index is 643. The molecular formula is C13H14ClN3O2S. The average Bonchev–Trinajstić information content (AvgIpc) is 2.81. The van der Waals surface area contributed by atoms with Crippen molar-refractivity contribution < 1.29 is 9.53 Å². The van der Waals surface area contributed by atoms with Gasteiger partial charge in [-0.05, 0) is 19.1 Å².